The minimum absolute atomic E-state index is 0.0285. The third kappa shape index (κ3) is 9.39. The topological polar surface area (TPSA) is 159 Å². The van der Waals surface area contributed by atoms with Gasteiger partial charge in [0.2, 0.25) is 5.84 Å². The highest BCUT2D eigenvalue weighted by Gasteiger charge is 2.13. The Morgan fingerprint density at radius 1 is 1.31 bits per heavy atom. The van der Waals surface area contributed by atoms with Crippen molar-refractivity contribution < 1.29 is 24.6 Å². The number of hydrazine groups is 1. The third-order valence-electron chi connectivity index (χ3n) is 3.28. The smallest absolute Gasteiger partial charge is 0.374 e. The van der Waals surface area contributed by atoms with E-state index in [-0.39, 0.29) is 23.7 Å². The van der Waals surface area contributed by atoms with E-state index in [0.29, 0.717) is 34.6 Å². The molecule has 0 atom stereocenters. The average Bonchev–Trinajstić information content (AvgIpc) is 2.72. The minimum atomic E-state index is -0.631. The van der Waals surface area contributed by atoms with Gasteiger partial charge in [-0.1, -0.05) is 32.8 Å². The molecule has 0 heterocycles. The first-order valence-corrected chi connectivity index (χ1v) is 11.5. The number of hydrogen-bond donors (Lipinski definition) is 5. The van der Waals surface area contributed by atoms with Crippen LogP contribution < -0.4 is 16.6 Å². The van der Waals surface area contributed by atoms with E-state index in [1.807, 2.05) is 0 Å². The Labute approximate surface area is 184 Å². The number of oxime groups is 1. The van der Waals surface area contributed by atoms with Crippen LogP contribution in [-0.2, 0) is 20.7 Å². The Bertz CT molecular complexity index is 763. The molecule has 0 radical (unpaired) electrons. The van der Waals surface area contributed by atoms with Gasteiger partial charge in [0.1, 0.15) is 11.5 Å². The van der Waals surface area contributed by atoms with Gasteiger partial charge in [0, 0.05) is 24.5 Å². The van der Waals surface area contributed by atoms with Gasteiger partial charge in [0.25, 0.3) is 5.91 Å². The highest BCUT2D eigenvalue weighted by atomic mass is 79.9. The second-order valence-corrected chi connectivity index (χ2v) is 8.83. The Hall–Kier alpha value is -1.96. The molecule has 160 valence electrons. The van der Waals surface area contributed by atoms with E-state index >= 15 is 0 Å². The molecule has 1 aromatic carbocycles. The lowest BCUT2D eigenvalue weighted by atomic mass is 10.1. The van der Waals surface area contributed by atoms with Crippen LogP contribution in [0.5, 0.6) is 5.75 Å². The van der Waals surface area contributed by atoms with Gasteiger partial charge in [-0.2, -0.15) is 0 Å². The van der Waals surface area contributed by atoms with Crippen LogP contribution in [0.2, 0.25) is 0 Å². The summed E-state index contributed by atoms with van der Waals surface area (Å²) in [5.41, 5.74) is 2.86. The summed E-state index contributed by atoms with van der Waals surface area (Å²) in [5.74, 6) is 5.39. The zero-order valence-corrected chi connectivity index (χ0v) is 18.8. The predicted molar refractivity (Wildman–Crippen MR) is 118 cm³/mol. The second kappa shape index (κ2) is 14.1. The molecule has 0 aliphatic carbocycles. The normalized spacial score (nSPS) is 11.8. The number of halogens is 1. The third-order valence-corrected chi connectivity index (χ3v) is 6.30. The van der Waals surface area contributed by atoms with Gasteiger partial charge < -0.3 is 25.8 Å². The van der Waals surface area contributed by atoms with Gasteiger partial charge in [-0.3, -0.25) is 9.79 Å². The predicted octanol–water partition coefficient (Wildman–Crippen LogP) is 1.06. The van der Waals surface area contributed by atoms with E-state index in [1.165, 1.54) is 34.8 Å². The fourth-order valence-electron chi connectivity index (χ4n) is 1.90. The maximum Gasteiger partial charge on any atom is 0.374 e. The van der Waals surface area contributed by atoms with Gasteiger partial charge >= 0.3 is 5.97 Å². The van der Waals surface area contributed by atoms with E-state index in [4.69, 9.17) is 11.0 Å². The van der Waals surface area contributed by atoms with Crippen LogP contribution >= 0.6 is 37.5 Å². The standard InChI is InChI=1S/C16H22BrN5O5S2/c1-27-16(25)14(21-18)19-4-6-28-29-7-5-20-15(24)12(22-26)9-10-2-3-13(23)11(17)8-10/h2-3,8,23,26H,4-7,9,18H2,1H3,(H,19,21)(H,20,24)/b22-12+. The van der Waals surface area contributed by atoms with Crippen molar-refractivity contribution >= 4 is 60.9 Å². The maximum atomic E-state index is 12.1. The number of methoxy groups -OCH3 is 1. The minimum Gasteiger partial charge on any atom is -0.507 e. The molecule has 0 aliphatic heterocycles. The van der Waals surface area contributed by atoms with E-state index in [2.05, 4.69) is 41.6 Å². The van der Waals surface area contributed by atoms with E-state index < -0.39 is 11.9 Å². The number of nitrogens with one attached hydrogen (secondary N) is 2. The zero-order chi connectivity index (χ0) is 21.6. The van der Waals surface area contributed by atoms with Crippen molar-refractivity contribution in [1.82, 2.24) is 10.7 Å². The summed E-state index contributed by atoms with van der Waals surface area (Å²) in [5, 5.41) is 24.3. The highest BCUT2D eigenvalue weighted by Crippen LogP contribution is 2.24. The summed E-state index contributed by atoms with van der Waals surface area (Å²) in [4.78, 5) is 27.3. The molecule has 1 aromatic rings. The second-order valence-electron chi connectivity index (χ2n) is 5.28. The maximum absolute atomic E-state index is 12.1. The van der Waals surface area contributed by atoms with Crippen molar-refractivity contribution in [2.45, 2.75) is 6.42 Å². The van der Waals surface area contributed by atoms with Crippen molar-refractivity contribution in [3.05, 3.63) is 28.2 Å². The van der Waals surface area contributed by atoms with Crippen LogP contribution in [0.3, 0.4) is 0 Å². The van der Waals surface area contributed by atoms with E-state index in [1.54, 1.807) is 12.1 Å². The molecular formula is C16H22BrN5O5S2. The summed E-state index contributed by atoms with van der Waals surface area (Å²) < 4.78 is 5.00. The Morgan fingerprint density at radius 2 is 2.03 bits per heavy atom. The van der Waals surface area contributed by atoms with Crippen LogP contribution in [0.25, 0.3) is 0 Å². The number of rotatable bonds is 10. The number of carbonyl (C=O) groups is 2. The molecular weight excluding hydrogens is 486 g/mol. The number of nitrogens with zero attached hydrogens (tertiary/aromatic N) is 2. The first-order valence-electron chi connectivity index (χ1n) is 8.23. The number of aromatic hydroxyl groups is 1. The molecule has 0 aromatic heterocycles. The fraction of sp³-hybridized carbons (Fsp3) is 0.375. The van der Waals surface area contributed by atoms with Crippen molar-refractivity contribution in [1.29, 1.82) is 0 Å². The number of phenolic OH excluding ortho intramolecular Hbond substituents is 1. The average molecular weight is 508 g/mol. The van der Waals surface area contributed by atoms with Crippen LogP contribution in [-0.4, -0.2) is 65.4 Å². The van der Waals surface area contributed by atoms with Crippen molar-refractivity contribution in [3.8, 4) is 5.75 Å². The molecule has 29 heavy (non-hydrogen) atoms. The van der Waals surface area contributed by atoms with Crippen LogP contribution in [0.15, 0.2) is 32.8 Å². The Kier molecular flexibility index (Phi) is 12.2. The number of hydrogen-bond acceptors (Lipinski definition) is 10. The molecule has 0 aliphatic rings. The van der Waals surface area contributed by atoms with Crippen LogP contribution in [0.1, 0.15) is 5.56 Å². The highest BCUT2D eigenvalue weighted by molar-refractivity contribution is 9.10. The van der Waals surface area contributed by atoms with Gasteiger partial charge in [0.15, 0.2) is 0 Å². The number of carbonyl (C=O) groups excluding carboxylic acids is 2. The van der Waals surface area contributed by atoms with E-state index in [9.17, 15) is 14.7 Å². The van der Waals surface area contributed by atoms with E-state index in [0.717, 1.165) is 0 Å². The van der Waals surface area contributed by atoms with Gasteiger partial charge in [-0.25, -0.2) is 10.6 Å². The van der Waals surface area contributed by atoms with Crippen molar-refractivity contribution in [2.75, 3.05) is 31.7 Å². The molecule has 0 saturated heterocycles. The van der Waals surface area contributed by atoms with Crippen LogP contribution in [0, 0.1) is 0 Å². The Morgan fingerprint density at radius 3 is 2.66 bits per heavy atom. The SMILES string of the molecule is COC(=O)C(=NCCSSCCNC(=O)/C(Cc1ccc(O)c(Br)c1)=N/O)NN. The number of esters is 1. The monoisotopic (exact) mass is 507 g/mol. The largest absolute Gasteiger partial charge is 0.507 e. The first-order chi connectivity index (χ1) is 13.9. The number of amides is 1. The molecule has 1 amide bonds. The molecule has 13 heteroatoms. The molecule has 0 bridgehead atoms. The summed E-state index contributed by atoms with van der Waals surface area (Å²) in [6.07, 6.45) is 0.124. The lowest BCUT2D eigenvalue weighted by Gasteiger charge is -2.07. The van der Waals surface area contributed by atoms with Crippen LogP contribution in [0.4, 0.5) is 0 Å². The molecule has 1 rings (SSSR count). The zero-order valence-electron chi connectivity index (χ0n) is 15.6. The molecule has 0 spiro atoms. The number of amidine groups is 1. The lowest BCUT2D eigenvalue weighted by molar-refractivity contribution is -0.133. The quantitative estimate of drug-likeness (QED) is 0.0455. The summed E-state index contributed by atoms with van der Waals surface area (Å²) >= 11 is 3.20. The molecule has 0 saturated carbocycles. The molecule has 0 fully saturated rings. The number of nitrogens with two attached hydrogens (primary N) is 1. The first kappa shape index (κ1) is 25.1. The lowest BCUT2D eigenvalue weighted by Crippen LogP contribution is -2.37. The molecule has 10 nitrogen and oxygen atoms in total. The fourth-order valence-corrected chi connectivity index (χ4v) is 4.10. The number of ether oxygens (including phenoxy) is 1. The molecule has 6 N–H and O–H groups in total. The van der Waals surface area contributed by atoms with Crippen molar-refractivity contribution in [3.63, 3.8) is 0 Å². The van der Waals surface area contributed by atoms with Gasteiger partial charge in [-0.05, 0) is 33.6 Å². The summed E-state index contributed by atoms with van der Waals surface area (Å²) in [6, 6.07) is 4.77. The van der Waals surface area contributed by atoms with Gasteiger partial charge in [-0.15, -0.1) is 0 Å². The number of aliphatic imine (C=N–C) groups is 1. The number of phenols is 1. The van der Waals surface area contributed by atoms with Crippen molar-refractivity contribution in [2.24, 2.45) is 16.0 Å². The molecule has 0 unspecified atom stereocenters. The Balaban J connectivity index is 2.27. The summed E-state index contributed by atoms with van der Waals surface area (Å²) in [7, 11) is 4.29. The summed E-state index contributed by atoms with van der Waals surface area (Å²) in [6.45, 7) is 0.762. The number of benzene rings is 1. The van der Waals surface area contributed by atoms with Gasteiger partial charge in [0.05, 0.1) is 18.1 Å².